The molecule has 1 aromatic carbocycles. The minimum absolute atomic E-state index is 0.182. The number of hydrogen-bond acceptors (Lipinski definition) is 4. The average molecular weight is 294 g/mol. The molecule has 116 valence electrons. The number of aliphatic carboxylic acids is 1. The van der Waals surface area contributed by atoms with E-state index in [0.29, 0.717) is 17.2 Å². The van der Waals surface area contributed by atoms with Crippen LogP contribution in [-0.4, -0.2) is 32.4 Å². The monoisotopic (exact) mass is 294 g/mol. The maximum absolute atomic E-state index is 10.9. The Morgan fingerprint density at radius 1 is 1.24 bits per heavy atom. The number of carboxylic acid groups (broad SMARTS) is 1. The van der Waals surface area contributed by atoms with Crippen molar-refractivity contribution in [3.63, 3.8) is 0 Å². The molecule has 0 aliphatic heterocycles. The quantitative estimate of drug-likeness (QED) is 0.837. The minimum atomic E-state index is -0.688. The van der Waals surface area contributed by atoms with E-state index in [1.54, 1.807) is 21.3 Å². The largest absolute Gasteiger partial charge is 0.493 e. The van der Waals surface area contributed by atoms with Crippen LogP contribution in [0, 0.1) is 11.8 Å². The summed E-state index contributed by atoms with van der Waals surface area (Å²) in [6.45, 7) is 2.08. The Labute approximate surface area is 124 Å². The number of ether oxygens (including phenoxy) is 3. The third-order valence-electron chi connectivity index (χ3n) is 4.16. The fourth-order valence-electron chi connectivity index (χ4n) is 2.90. The predicted molar refractivity (Wildman–Crippen MR) is 78.4 cm³/mol. The van der Waals surface area contributed by atoms with Crippen LogP contribution in [0.15, 0.2) is 12.1 Å². The molecule has 2 rings (SSSR count). The van der Waals surface area contributed by atoms with Crippen LogP contribution in [0.25, 0.3) is 0 Å². The maximum atomic E-state index is 10.9. The van der Waals surface area contributed by atoms with Crippen LogP contribution in [0.5, 0.6) is 17.2 Å². The van der Waals surface area contributed by atoms with E-state index in [2.05, 4.69) is 6.92 Å². The number of rotatable bonds is 7. The van der Waals surface area contributed by atoms with Gasteiger partial charge in [-0.25, -0.2) is 0 Å². The zero-order chi connectivity index (χ0) is 15.6. The summed E-state index contributed by atoms with van der Waals surface area (Å²) in [5, 5.41) is 9.00. The first-order valence-corrected chi connectivity index (χ1v) is 7.05. The van der Waals surface area contributed by atoms with Crippen molar-refractivity contribution in [2.75, 3.05) is 21.3 Å². The molecule has 1 aromatic rings. The highest BCUT2D eigenvalue weighted by Gasteiger charge is 2.43. The molecule has 5 heteroatoms. The Morgan fingerprint density at radius 2 is 1.90 bits per heavy atom. The van der Waals surface area contributed by atoms with Crippen LogP contribution < -0.4 is 14.2 Å². The zero-order valence-electron chi connectivity index (χ0n) is 12.9. The van der Waals surface area contributed by atoms with Crippen LogP contribution in [0.4, 0.5) is 0 Å². The lowest BCUT2D eigenvalue weighted by Crippen LogP contribution is -2.05. The molecule has 0 aromatic heterocycles. The number of hydrogen-bond donors (Lipinski definition) is 1. The highest BCUT2D eigenvalue weighted by atomic mass is 16.5. The normalized spacial score (nSPS) is 21.5. The van der Waals surface area contributed by atoms with Crippen molar-refractivity contribution in [2.24, 2.45) is 11.8 Å². The van der Waals surface area contributed by atoms with E-state index in [1.807, 2.05) is 12.1 Å². The van der Waals surface area contributed by atoms with E-state index < -0.39 is 5.97 Å². The fraction of sp³-hybridized carbons (Fsp3) is 0.562. The Balaban J connectivity index is 2.21. The summed E-state index contributed by atoms with van der Waals surface area (Å²) in [5.41, 5.74) is 1.02. The molecule has 3 unspecified atom stereocenters. The highest BCUT2D eigenvalue weighted by Crippen LogP contribution is 2.48. The van der Waals surface area contributed by atoms with Crippen molar-refractivity contribution in [3.8, 4) is 17.2 Å². The predicted octanol–water partition coefficient (Wildman–Crippen LogP) is 2.93. The molecule has 1 saturated carbocycles. The van der Waals surface area contributed by atoms with Gasteiger partial charge < -0.3 is 19.3 Å². The lowest BCUT2D eigenvalue weighted by molar-refractivity contribution is -0.138. The van der Waals surface area contributed by atoms with Crippen LogP contribution in [0.2, 0.25) is 0 Å². The van der Waals surface area contributed by atoms with Gasteiger partial charge in [0.15, 0.2) is 11.5 Å². The van der Waals surface area contributed by atoms with E-state index in [4.69, 9.17) is 19.3 Å². The first-order valence-electron chi connectivity index (χ1n) is 7.05. The molecule has 0 saturated heterocycles. The van der Waals surface area contributed by atoms with Crippen molar-refractivity contribution >= 4 is 5.97 Å². The van der Waals surface area contributed by atoms with Gasteiger partial charge in [-0.2, -0.15) is 0 Å². The zero-order valence-corrected chi connectivity index (χ0v) is 12.9. The molecule has 1 N–H and O–H groups in total. The first kappa shape index (κ1) is 15.5. The molecule has 0 radical (unpaired) electrons. The summed E-state index contributed by atoms with van der Waals surface area (Å²) in [7, 11) is 4.77. The van der Waals surface area contributed by atoms with Crippen molar-refractivity contribution in [1.29, 1.82) is 0 Å². The van der Waals surface area contributed by atoms with Gasteiger partial charge in [0.2, 0.25) is 5.75 Å². The van der Waals surface area contributed by atoms with Gasteiger partial charge in [0, 0.05) is 5.56 Å². The Morgan fingerprint density at radius 3 is 2.38 bits per heavy atom. The third-order valence-corrected chi connectivity index (χ3v) is 4.16. The molecule has 3 atom stereocenters. The third kappa shape index (κ3) is 3.06. The molecular weight excluding hydrogens is 272 g/mol. The number of carboxylic acids is 1. The van der Waals surface area contributed by atoms with Crippen molar-refractivity contribution in [2.45, 2.75) is 25.7 Å². The van der Waals surface area contributed by atoms with Crippen molar-refractivity contribution in [3.05, 3.63) is 17.7 Å². The minimum Gasteiger partial charge on any atom is -0.493 e. The van der Waals surface area contributed by atoms with Gasteiger partial charge in [0.05, 0.1) is 27.2 Å². The molecule has 0 spiro atoms. The summed E-state index contributed by atoms with van der Waals surface area (Å²) in [6, 6.07) is 3.82. The van der Waals surface area contributed by atoms with Gasteiger partial charge in [-0.15, -0.1) is 0 Å². The summed E-state index contributed by atoms with van der Waals surface area (Å²) in [5.74, 6) is 1.46. The van der Waals surface area contributed by atoms with E-state index >= 15 is 0 Å². The van der Waals surface area contributed by atoms with Crippen molar-refractivity contribution < 1.29 is 24.1 Å². The van der Waals surface area contributed by atoms with Gasteiger partial charge >= 0.3 is 5.97 Å². The van der Waals surface area contributed by atoms with Gasteiger partial charge in [-0.3, -0.25) is 4.79 Å². The molecule has 0 heterocycles. The Hall–Kier alpha value is -1.91. The molecule has 0 amide bonds. The number of carbonyl (C=O) groups is 1. The van der Waals surface area contributed by atoms with E-state index in [0.717, 1.165) is 18.4 Å². The van der Waals surface area contributed by atoms with Gasteiger partial charge in [0.1, 0.15) is 0 Å². The maximum Gasteiger partial charge on any atom is 0.306 e. The molecule has 1 fully saturated rings. The van der Waals surface area contributed by atoms with Crippen LogP contribution >= 0.6 is 0 Å². The van der Waals surface area contributed by atoms with Gasteiger partial charge in [-0.1, -0.05) is 13.0 Å². The lowest BCUT2D eigenvalue weighted by atomic mass is 9.93. The summed E-state index contributed by atoms with van der Waals surface area (Å²) >= 11 is 0. The standard InChI is InChI=1S/C16H22O5/c1-9(7-10-8-12(10)16(17)18)11-5-6-13(19-2)15(21-4)14(11)20-3/h5-6,9-10,12H,7-8H2,1-4H3,(H,17,18). The Kier molecular flexibility index (Phi) is 4.60. The fourth-order valence-corrected chi connectivity index (χ4v) is 2.90. The van der Waals surface area contributed by atoms with Gasteiger partial charge in [0.25, 0.3) is 0 Å². The summed E-state index contributed by atoms with van der Waals surface area (Å²) in [4.78, 5) is 10.9. The number of methoxy groups -OCH3 is 3. The van der Waals surface area contributed by atoms with Crippen LogP contribution in [-0.2, 0) is 4.79 Å². The molecule has 1 aliphatic rings. The lowest BCUT2D eigenvalue weighted by Gasteiger charge is -2.19. The number of benzene rings is 1. The molecule has 21 heavy (non-hydrogen) atoms. The van der Waals surface area contributed by atoms with E-state index in [-0.39, 0.29) is 17.8 Å². The summed E-state index contributed by atoms with van der Waals surface area (Å²) in [6.07, 6.45) is 1.61. The molecule has 5 nitrogen and oxygen atoms in total. The van der Waals surface area contributed by atoms with Crippen molar-refractivity contribution in [1.82, 2.24) is 0 Å². The molecule has 0 bridgehead atoms. The SMILES string of the molecule is COc1ccc(C(C)CC2CC2C(=O)O)c(OC)c1OC. The van der Waals surface area contributed by atoms with Crippen LogP contribution in [0.1, 0.15) is 31.2 Å². The average Bonchev–Trinajstić information content (AvgIpc) is 3.24. The van der Waals surface area contributed by atoms with E-state index in [9.17, 15) is 4.79 Å². The van der Waals surface area contributed by atoms with Crippen LogP contribution in [0.3, 0.4) is 0 Å². The topological polar surface area (TPSA) is 65.0 Å². The Bertz CT molecular complexity index is 526. The summed E-state index contributed by atoms with van der Waals surface area (Å²) < 4.78 is 16.1. The first-order chi connectivity index (χ1) is 10.0. The second-order valence-corrected chi connectivity index (χ2v) is 5.50. The molecular formula is C16H22O5. The second kappa shape index (κ2) is 6.24. The highest BCUT2D eigenvalue weighted by molar-refractivity contribution is 5.73. The smallest absolute Gasteiger partial charge is 0.306 e. The van der Waals surface area contributed by atoms with Gasteiger partial charge in [-0.05, 0) is 30.7 Å². The molecule has 1 aliphatic carbocycles. The van der Waals surface area contributed by atoms with E-state index in [1.165, 1.54) is 0 Å². The second-order valence-electron chi connectivity index (χ2n) is 5.50.